The summed E-state index contributed by atoms with van der Waals surface area (Å²) in [6.07, 6.45) is 5.63. The fraction of sp³-hybridized carbons (Fsp3) is 0.622. The van der Waals surface area contributed by atoms with E-state index >= 15 is 4.79 Å². The predicted molar refractivity (Wildman–Crippen MR) is 185 cm³/mol. The Bertz CT molecular complexity index is 1470. The number of ether oxygens (including phenoxy) is 2. The van der Waals surface area contributed by atoms with Gasteiger partial charge in [0.15, 0.2) is 0 Å². The van der Waals surface area contributed by atoms with Crippen molar-refractivity contribution in [2.24, 2.45) is 17.3 Å². The lowest BCUT2D eigenvalue weighted by Crippen LogP contribution is -2.62. The Morgan fingerprint density at radius 1 is 1.04 bits per heavy atom. The van der Waals surface area contributed by atoms with Crippen LogP contribution in [-0.4, -0.2) is 87.1 Å². The molecule has 4 heterocycles. The minimum atomic E-state index is -1.46. The average molecular weight is 729 g/mol. The van der Waals surface area contributed by atoms with E-state index in [1.165, 1.54) is 4.90 Å². The molecule has 0 saturated carbocycles. The van der Waals surface area contributed by atoms with E-state index in [9.17, 15) is 19.5 Å². The van der Waals surface area contributed by atoms with Gasteiger partial charge in [0.05, 0.1) is 24.6 Å². The molecule has 0 radical (unpaired) electrons. The molecule has 0 unspecified atom stereocenters. The van der Waals surface area contributed by atoms with Gasteiger partial charge in [-0.1, -0.05) is 86.1 Å². The van der Waals surface area contributed by atoms with E-state index in [4.69, 9.17) is 9.47 Å². The van der Waals surface area contributed by atoms with Gasteiger partial charge in [0.2, 0.25) is 17.7 Å². The van der Waals surface area contributed by atoms with Gasteiger partial charge in [-0.3, -0.25) is 19.2 Å². The lowest BCUT2D eigenvalue weighted by atomic mass is 9.74. The summed E-state index contributed by atoms with van der Waals surface area (Å²) in [4.78, 5) is 60.6. The number of fused-ring (bicyclic) bond motifs is 2. The first-order valence-electron chi connectivity index (χ1n) is 17.1. The highest BCUT2D eigenvalue weighted by Crippen LogP contribution is 2.59. The van der Waals surface area contributed by atoms with E-state index in [1.54, 1.807) is 17.9 Å². The largest absolute Gasteiger partial charge is 0.455 e. The first kappa shape index (κ1) is 36.3. The number of aliphatic hydroxyl groups is 1. The van der Waals surface area contributed by atoms with Crippen molar-refractivity contribution in [3.63, 3.8) is 0 Å². The van der Waals surface area contributed by atoms with Gasteiger partial charge in [0.25, 0.3) is 0 Å². The number of hydrogen-bond donors (Lipinski definition) is 2. The quantitative estimate of drug-likeness (QED) is 0.318. The van der Waals surface area contributed by atoms with Crippen molar-refractivity contribution in [3.8, 4) is 0 Å². The zero-order chi connectivity index (χ0) is 35.2. The van der Waals surface area contributed by atoms with Gasteiger partial charge in [-0.05, 0) is 57.1 Å². The topological polar surface area (TPSA) is 125 Å². The standard InChI is InChI=1S/C37H50BrN3O7/c1-8-24(20-42)41-31-33(45)40(36(6,7)21-35(3,4)5)18-14-10-13-17-26(43)39-22(2)29(23-15-11-9-12-16-23)47-34(46)27-28(32(41)44)37(31)19-25(38)30(27)48-37/h9-12,14-16,19,22,24,27-31,42H,8,13,17-18,20-21H2,1-7H3,(H,39,43)/b14-10-/t22-,24-,27+,28-,29+,30+,31+,37-/m0/s1. The molecule has 4 aliphatic rings. The monoisotopic (exact) mass is 727 g/mol. The lowest BCUT2D eigenvalue weighted by molar-refractivity contribution is -0.162. The molecule has 0 aliphatic carbocycles. The van der Waals surface area contributed by atoms with Crippen LogP contribution in [0.1, 0.15) is 85.8 Å². The van der Waals surface area contributed by atoms with Crippen LogP contribution in [0.2, 0.25) is 0 Å². The molecule has 1 spiro atoms. The summed E-state index contributed by atoms with van der Waals surface area (Å²) < 4.78 is 13.5. The van der Waals surface area contributed by atoms with E-state index in [0.29, 0.717) is 29.3 Å². The van der Waals surface area contributed by atoms with Crippen molar-refractivity contribution in [1.82, 2.24) is 15.1 Å². The third-order valence-corrected chi connectivity index (χ3v) is 10.8. The molecule has 48 heavy (non-hydrogen) atoms. The maximum atomic E-state index is 15.2. The molecule has 262 valence electrons. The molecule has 4 aliphatic heterocycles. The van der Waals surface area contributed by atoms with Gasteiger partial charge in [0, 0.05) is 23.0 Å². The third kappa shape index (κ3) is 6.62. The van der Waals surface area contributed by atoms with Crippen LogP contribution in [0.25, 0.3) is 0 Å². The Labute approximate surface area is 292 Å². The lowest BCUT2D eigenvalue weighted by Gasteiger charge is -2.46. The number of cyclic esters (lactones) is 1. The van der Waals surface area contributed by atoms with Gasteiger partial charge in [-0.15, -0.1) is 0 Å². The number of rotatable bonds is 6. The van der Waals surface area contributed by atoms with Gasteiger partial charge in [0.1, 0.15) is 29.8 Å². The van der Waals surface area contributed by atoms with Crippen molar-refractivity contribution >= 4 is 39.6 Å². The summed E-state index contributed by atoms with van der Waals surface area (Å²) in [7, 11) is 0. The SMILES string of the molecule is CC[C@@H](CO)N1C(=O)[C@@H]2[C@H]3C(=O)O[C@@H](c4ccccc4)[C@H](C)NC(=O)CC/C=C\CN(C(C)(C)CC(C)(C)C)C(=O)[C@@H]1[C@]21C=C(Br)[C@H]3O1. The van der Waals surface area contributed by atoms with Crippen molar-refractivity contribution < 1.29 is 33.8 Å². The summed E-state index contributed by atoms with van der Waals surface area (Å²) in [5, 5.41) is 13.5. The fourth-order valence-corrected chi connectivity index (χ4v) is 9.14. The second-order valence-corrected chi connectivity index (χ2v) is 16.4. The van der Waals surface area contributed by atoms with E-state index in [2.05, 4.69) is 42.0 Å². The highest BCUT2D eigenvalue weighted by atomic mass is 79.9. The third-order valence-electron chi connectivity index (χ3n) is 10.1. The van der Waals surface area contributed by atoms with Crippen molar-refractivity contribution in [2.45, 2.75) is 116 Å². The summed E-state index contributed by atoms with van der Waals surface area (Å²) in [6.45, 7) is 13.9. The van der Waals surface area contributed by atoms with Gasteiger partial charge < -0.3 is 29.7 Å². The number of halogens is 1. The Hall–Kier alpha value is -3.02. The number of allylic oxidation sites excluding steroid dienone is 1. The maximum Gasteiger partial charge on any atom is 0.313 e. The number of aliphatic hydroxyl groups excluding tert-OH is 1. The summed E-state index contributed by atoms with van der Waals surface area (Å²) in [5.41, 5.74) is -1.55. The summed E-state index contributed by atoms with van der Waals surface area (Å²) in [6, 6.07) is 6.82. The summed E-state index contributed by atoms with van der Waals surface area (Å²) >= 11 is 3.62. The van der Waals surface area contributed by atoms with Crippen LogP contribution >= 0.6 is 15.9 Å². The van der Waals surface area contributed by atoms with Crippen LogP contribution in [0.4, 0.5) is 0 Å². The predicted octanol–water partition coefficient (Wildman–Crippen LogP) is 4.81. The molecule has 5 bridgehead atoms. The average Bonchev–Trinajstić information content (AvgIpc) is 3.60. The number of hydrogen-bond acceptors (Lipinski definition) is 7. The molecule has 2 fully saturated rings. The van der Waals surface area contributed by atoms with Gasteiger partial charge in [-0.2, -0.15) is 0 Å². The first-order chi connectivity index (χ1) is 22.6. The van der Waals surface area contributed by atoms with Crippen LogP contribution in [0.15, 0.2) is 53.0 Å². The molecule has 1 aromatic rings. The Morgan fingerprint density at radius 2 is 1.73 bits per heavy atom. The van der Waals surface area contributed by atoms with Crippen molar-refractivity contribution in [3.05, 3.63) is 58.6 Å². The van der Waals surface area contributed by atoms with E-state index in [0.717, 1.165) is 0 Å². The van der Waals surface area contributed by atoms with Crippen molar-refractivity contribution in [1.29, 1.82) is 0 Å². The zero-order valence-electron chi connectivity index (χ0n) is 29.1. The number of benzene rings is 1. The van der Waals surface area contributed by atoms with Crippen LogP contribution in [0.5, 0.6) is 0 Å². The Morgan fingerprint density at radius 3 is 2.35 bits per heavy atom. The molecule has 0 aromatic heterocycles. The molecule has 2 N–H and O–H groups in total. The molecule has 3 amide bonds. The maximum absolute atomic E-state index is 15.2. The molecule has 2 saturated heterocycles. The Balaban J connectivity index is 1.66. The minimum Gasteiger partial charge on any atom is -0.455 e. The van der Waals surface area contributed by atoms with Crippen LogP contribution in [-0.2, 0) is 28.7 Å². The molecular formula is C37H50BrN3O7. The minimum absolute atomic E-state index is 0.131. The highest BCUT2D eigenvalue weighted by molar-refractivity contribution is 9.11. The van der Waals surface area contributed by atoms with Crippen LogP contribution in [0, 0.1) is 17.3 Å². The molecule has 11 heteroatoms. The number of carbonyl (C=O) groups excluding carboxylic acids is 4. The van der Waals surface area contributed by atoms with Crippen molar-refractivity contribution in [2.75, 3.05) is 13.2 Å². The second-order valence-electron chi connectivity index (χ2n) is 15.5. The molecular weight excluding hydrogens is 678 g/mol. The van der Waals surface area contributed by atoms with Gasteiger partial charge >= 0.3 is 5.97 Å². The summed E-state index contributed by atoms with van der Waals surface area (Å²) in [5.74, 6) is -3.69. The second kappa shape index (κ2) is 13.7. The van der Waals surface area contributed by atoms with E-state index in [1.807, 2.05) is 63.3 Å². The van der Waals surface area contributed by atoms with Gasteiger partial charge in [-0.25, -0.2) is 0 Å². The van der Waals surface area contributed by atoms with Crippen LogP contribution < -0.4 is 5.32 Å². The molecule has 10 nitrogen and oxygen atoms in total. The van der Waals surface area contributed by atoms with E-state index < -0.39 is 65.2 Å². The number of amides is 3. The number of nitrogens with zero attached hydrogens (tertiary/aromatic N) is 2. The number of nitrogens with one attached hydrogen (secondary N) is 1. The Kier molecular flexibility index (Phi) is 10.4. The van der Waals surface area contributed by atoms with Crippen LogP contribution in [0.3, 0.4) is 0 Å². The normalized spacial score (nSPS) is 32.9. The fourth-order valence-electron chi connectivity index (χ4n) is 8.41. The number of carbonyl (C=O) groups is 4. The zero-order valence-corrected chi connectivity index (χ0v) is 30.7. The molecule has 8 atom stereocenters. The molecule has 1 aromatic carbocycles. The smallest absolute Gasteiger partial charge is 0.313 e. The first-order valence-corrected chi connectivity index (χ1v) is 17.9. The molecule has 5 rings (SSSR count). The highest BCUT2D eigenvalue weighted by Gasteiger charge is 2.75. The number of likely N-dealkylation sites (tertiary alicyclic amines) is 1. The number of esters is 1. The van der Waals surface area contributed by atoms with E-state index in [-0.39, 0.29) is 36.8 Å².